The van der Waals surface area contributed by atoms with E-state index in [1.807, 2.05) is 0 Å². The zero-order chi connectivity index (χ0) is 14.0. The average molecular weight is 280 g/mol. The van der Waals surface area contributed by atoms with Crippen molar-refractivity contribution in [3.63, 3.8) is 0 Å². The van der Waals surface area contributed by atoms with E-state index < -0.39 is 9.05 Å². The fraction of sp³-hybridized carbons (Fsp3) is 1.00. The highest BCUT2D eigenvalue weighted by Gasteiger charge is 2.34. The highest BCUT2D eigenvalue weighted by molar-refractivity contribution is 6.48. The van der Waals surface area contributed by atoms with Gasteiger partial charge in [0.15, 0.2) is 0 Å². The van der Waals surface area contributed by atoms with Gasteiger partial charge in [0.1, 0.15) is 0 Å². The highest BCUT2D eigenvalue weighted by atomic mass is 28.4. The van der Waals surface area contributed by atoms with Crippen LogP contribution in [0.5, 0.6) is 0 Å². The zero-order valence-electron chi connectivity index (χ0n) is 11.8. The maximum Gasteiger partial charge on any atom is 0.699 e. The van der Waals surface area contributed by atoms with Crippen LogP contribution in [0.4, 0.5) is 0 Å². The van der Waals surface area contributed by atoms with Crippen LogP contribution >= 0.6 is 0 Å². The SMILES string of the molecule is CCCCCCCC(CC(C)C)OO[Si](O)(O)O. The van der Waals surface area contributed by atoms with Crippen molar-refractivity contribution in [1.82, 2.24) is 0 Å². The summed E-state index contributed by atoms with van der Waals surface area (Å²) < 4.78 is 4.28. The van der Waals surface area contributed by atoms with Crippen LogP contribution in [0.3, 0.4) is 0 Å². The molecule has 0 aromatic rings. The van der Waals surface area contributed by atoms with Gasteiger partial charge in [0.2, 0.25) is 0 Å². The van der Waals surface area contributed by atoms with E-state index in [2.05, 4.69) is 25.3 Å². The van der Waals surface area contributed by atoms with Gasteiger partial charge in [-0.05, 0) is 18.8 Å². The van der Waals surface area contributed by atoms with Gasteiger partial charge in [-0.2, -0.15) is 4.58 Å². The van der Waals surface area contributed by atoms with Crippen molar-refractivity contribution in [3.8, 4) is 0 Å². The van der Waals surface area contributed by atoms with Gasteiger partial charge < -0.3 is 14.4 Å². The van der Waals surface area contributed by atoms with Crippen LogP contribution in [0.15, 0.2) is 0 Å². The molecule has 0 aromatic carbocycles. The van der Waals surface area contributed by atoms with Crippen LogP contribution in [0, 0.1) is 5.92 Å². The first-order valence-corrected chi connectivity index (χ1v) is 8.61. The molecule has 0 heterocycles. The van der Waals surface area contributed by atoms with E-state index >= 15 is 0 Å². The van der Waals surface area contributed by atoms with Gasteiger partial charge in [0.05, 0.1) is 6.10 Å². The summed E-state index contributed by atoms with van der Waals surface area (Å²) in [7, 11) is -4.55. The fourth-order valence-electron chi connectivity index (χ4n) is 1.84. The van der Waals surface area contributed by atoms with Gasteiger partial charge in [0, 0.05) is 0 Å². The van der Waals surface area contributed by atoms with Crippen LogP contribution in [-0.2, 0) is 9.46 Å². The molecule has 5 nitrogen and oxygen atoms in total. The second-order valence-corrected chi connectivity index (χ2v) is 6.52. The first-order chi connectivity index (χ1) is 8.35. The summed E-state index contributed by atoms with van der Waals surface area (Å²) in [4.78, 5) is 31.2. The minimum Gasteiger partial charge on any atom is -0.366 e. The van der Waals surface area contributed by atoms with E-state index in [1.54, 1.807) is 0 Å². The molecule has 0 aliphatic carbocycles. The average Bonchev–Trinajstić information content (AvgIpc) is 2.23. The normalized spacial score (nSPS) is 14.2. The molecule has 1 atom stereocenters. The predicted molar refractivity (Wildman–Crippen MR) is 71.2 cm³/mol. The lowest BCUT2D eigenvalue weighted by Crippen LogP contribution is -2.40. The first kappa shape index (κ1) is 18.0. The molecular weight excluding hydrogens is 252 g/mol. The highest BCUT2D eigenvalue weighted by Crippen LogP contribution is 2.17. The summed E-state index contributed by atoms with van der Waals surface area (Å²) in [6, 6.07) is 0. The third-order valence-corrected chi connectivity index (χ3v) is 2.98. The van der Waals surface area contributed by atoms with Crippen LogP contribution in [-0.4, -0.2) is 29.5 Å². The summed E-state index contributed by atoms with van der Waals surface area (Å²) in [5.74, 6) is 0.432. The van der Waals surface area contributed by atoms with Crippen LogP contribution in [0.1, 0.15) is 65.7 Å². The molecule has 0 fully saturated rings. The Balaban J connectivity index is 3.84. The van der Waals surface area contributed by atoms with E-state index in [0.717, 1.165) is 25.7 Å². The van der Waals surface area contributed by atoms with Crippen LogP contribution < -0.4 is 0 Å². The van der Waals surface area contributed by atoms with Crippen LogP contribution in [0.2, 0.25) is 0 Å². The Labute approximate surface area is 111 Å². The van der Waals surface area contributed by atoms with E-state index in [4.69, 9.17) is 19.3 Å². The van der Waals surface area contributed by atoms with E-state index in [9.17, 15) is 0 Å². The molecule has 0 aliphatic heterocycles. The Morgan fingerprint density at radius 2 is 1.61 bits per heavy atom. The smallest absolute Gasteiger partial charge is 0.366 e. The number of hydrogen-bond acceptors (Lipinski definition) is 5. The Kier molecular flexibility index (Phi) is 9.89. The second kappa shape index (κ2) is 9.88. The number of hydrogen-bond donors (Lipinski definition) is 3. The van der Waals surface area contributed by atoms with E-state index in [1.165, 1.54) is 19.3 Å². The van der Waals surface area contributed by atoms with E-state index in [-0.39, 0.29) is 6.10 Å². The number of rotatable bonds is 11. The van der Waals surface area contributed by atoms with Gasteiger partial charge >= 0.3 is 9.05 Å². The van der Waals surface area contributed by atoms with Gasteiger partial charge in [-0.15, -0.1) is 0 Å². The van der Waals surface area contributed by atoms with Crippen molar-refractivity contribution in [3.05, 3.63) is 0 Å². The van der Waals surface area contributed by atoms with E-state index in [0.29, 0.717) is 5.92 Å². The van der Waals surface area contributed by atoms with Crippen molar-refractivity contribution >= 4 is 9.05 Å². The van der Waals surface area contributed by atoms with Crippen molar-refractivity contribution in [2.24, 2.45) is 5.92 Å². The topological polar surface area (TPSA) is 79.2 Å². The molecule has 3 N–H and O–H groups in total. The largest absolute Gasteiger partial charge is 0.699 e. The molecule has 0 aromatic heterocycles. The third kappa shape index (κ3) is 12.5. The van der Waals surface area contributed by atoms with Gasteiger partial charge in [-0.25, -0.2) is 4.89 Å². The molecule has 110 valence electrons. The Bertz CT molecular complexity index is 193. The lowest BCUT2D eigenvalue weighted by atomic mass is 10.0. The maximum atomic E-state index is 8.74. The molecule has 0 aliphatic rings. The second-order valence-electron chi connectivity index (χ2n) is 5.21. The van der Waals surface area contributed by atoms with Crippen molar-refractivity contribution in [2.45, 2.75) is 71.8 Å². The first-order valence-electron chi connectivity index (χ1n) is 6.86. The molecule has 1 unspecified atom stereocenters. The molecule has 0 radical (unpaired) electrons. The summed E-state index contributed by atoms with van der Waals surface area (Å²) in [5.41, 5.74) is 0. The predicted octanol–water partition coefficient (Wildman–Crippen LogP) is 2.12. The molecule has 0 saturated carbocycles. The maximum absolute atomic E-state index is 8.74. The van der Waals surface area contributed by atoms with Gasteiger partial charge in [-0.1, -0.05) is 52.9 Å². The number of unbranched alkanes of at least 4 members (excludes halogenated alkanes) is 4. The molecule has 18 heavy (non-hydrogen) atoms. The van der Waals surface area contributed by atoms with Gasteiger partial charge in [0.25, 0.3) is 0 Å². The van der Waals surface area contributed by atoms with Crippen molar-refractivity contribution in [2.75, 3.05) is 0 Å². The fourth-order valence-corrected chi connectivity index (χ4v) is 2.10. The lowest BCUT2D eigenvalue weighted by Gasteiger charge is -2.20. The monoisotopic (exact) mass is 280 g/mol. The van der Waals surface area contributed by atoms with Gasteiger partial charge in [-0.3, -0.25) is 0 Å². The van der Waals surface area contributed by atoms with Crippen molar-refractivity contribution in [1.29, 1.82) is 0 Å². The summed E-state index contributed by atoms with van der Waals surface area (Å²) in [5, 5.41) is 0. The molecule has 0 bridgehead atoms. The molecule has 0 amide bonds. The third-order valence-electron chi connectivity index (χ3n) is 2.66. The molecule has 6 heteroatoms. The molecule has 0 rings (SSSR count). The zero-order valence-corrected chi connectivity index (χ0v) is 12.8. The molecular formula is C12H28O5Si. The minimum absolute atomic E-state index is 0.190. The quantitative estimate of drug-likeness (QED) is 0.234. The standard InChI is InChI=1S/C12H28O5Si/c1-4-5-6-7-8-9-12(10-11(2)3)16-17-18(13,14)15/h11-15H,4-10H2,1-3H3. The molecule has 0 saturated heterocycles. The lowest BCUT2D eigenvalue weighted by molar-refractivity contribution is -0.296. The van der Waals surface area contributed by atoms with Crippen LogP contribution in [0.25, 0.3) is 0 Å². The minimum atomic E-state index is -4.55. The molecule has 0 spiro atoms. The summed E-state index contributed by atoms with van der Waals surface area (Å²) >= 11 is 0. The Morgan fingerprint density at radius 1 is 1.00 bits per heavy atom. The Morgan fingerprint density at radius 3 is 2.11 bits per heavy atom. The summed E-state index contributed by atoms with van der Waals surface area (Å²) in [6.07, 6.45) is 7.23. The Hall–Kier alpha value is 0.0169. The summed E-state index contributed by atoms with van der Waals surface area (Å²) in [6.45, 7) is 6.30. The van der Waals surface area contributed by atoms with Crippen molar-refractivity contribution < 1.29 is 23.9 Å².